The largest absolute Gasteiger partial charge is 0.325 e. The lowest BCUT2D eigenvalue weighted by atomic mass is 9.86. The van der Waals surface area contributed by atoms with Gasteiger partial charge in [0, 0.05) is 12.2 Å². The molecule has 3 rings (SSSR count). The van der Waals surface area contributed by atoms with Crippen LogP contribution in [-0.4, -0.2) is 14.3 Å². The molecule has 0 atom stereocenters. The summed E-state index contributed by atoms with van der Waals surface area (Å²) < 4.78 is 27.6. The number of hydrogen-bond acceptors (Lipinski definition) is 3. The van der Waals surface area contributed by atoms with E-state index in [-0.39, 0.29) is 17.3 Å². The Kier molecular flexibility index (Phi) is 3.74. The van der Waals surface area contributed by atoms with Crippen molar-refractivity contribution in [3.05, 3.63) is 59.7 Å². The van der Waals surface area contributed by atoms with Crippen LogP contribution in [0.3, 0.4) is 0 Å². The molecule has 0 saturated carbocycles. The molecule has 6 heteroatoms. The molecular formula is C17H18N2O3S. The zero-order valence-electron chi connectivity index (χ0n) is 13.0. The Labute approximate surface area is 135 Å². The first-order valence-electron chi connectivity index (χ1n) is 7.30. The number of amides is 1. The average molecular weight is 330 g/mol. The second-order valence-corrected chi connectivity index (χ2v) is 7.86. The third kappa shape index (κ3) is 2.87. The minimum atomic E-state index is -3.64. The van der Waals surface area contributed by atoms with Crippen LogP contribution in [0.15, 0.2) is 53.4 Å². The van der Waals surface area contributed by atoms with Crippen LogP contribution in [0.1, 0.15) is 25.0 Å². The van der Waals surface area contributed by atoms with Crippen molar-refractivity contribution in [3.63, 3.8) is 0 Å². The molecule has 0 aromatic heterocycles. The van der Waals surface area contributed by atoms with Gasteiger partial charge in [0.05, 0.1) is 10.3 Å². The molecule has 120 valence electrons. The Balaban J connectivity index is 1.87. The van der Waals surface area contributed by atoms with Gasteiger partial charge < -0.3 is 5.32 Å². The van der Waals surface area contributed by atoms with Gasteiger partial charge in [-0.05, 0) is 43.2 Å². The Morgan fingerprint density at radius 1 is 1.09 bits per heavy atom. The molecule has 1 amide bonds. The van der Waals surface area contributed by atoms with Crippen molar-refractivity contribution in [1.29, 1.82) is 0 Å². The van der Waals surface area contributed by atoms with Crippen molar-refractivity contribution in [1.82, 2.24) is 4.72 Å². The second kappa shape index (κ2) is 5.47. The van der Waals surface area contributed by atoms with Crippen molar-refractivity contribution in [2.75, 3.05) is 5.32 Å². The van der Waals surface area contributed by atoms with Gasteiger partial charge in [0.25, 0.3) is 0 Å². The highest BCUT2D eigenvalue weighted by atomic mass is 32.2. The van der Waals surface area contributed by atoms with E-state index in [0.29, 0.717) is 11.3 Å². The quantitative estimate of drug-likeness (QED) is 0.904. The maximum absolute atomic E-state index is 12.5. The van der Waals surface area contributed by atoms with Crippen LogP contribution in [0.2, 0.25) is 0 Å². The van der Waals surface area contributed by atoms with Crippen LogP contribution in [0.4, 0.5) is 5.69 Å². The van der Waals surface area contributed by atoms with Gasteiger partial charge in [0.1, 0.15) is 0 Å². The molecule has 0 aliphatic carbocycles. The maximum atomic E-state index is 12.5. The third-order valence-corrected chi connectivity index (χ3v) is 5.50. The number of rotatable bonds is 4. The monoisotopic (exact) mass is 330 g/mol. The summed E-state index contributed by atoms with van der Waals surface area (Å²) in [5.74, 6) is -0.126. The fraction of sp³-hybridized carbons (Fsp3) is 0.235. The van der Waals surface area contributed by atoms with Crippen molar-refractivity contribution in [2.45, 2.75) is 30.7 Å². The van der Waals surface area contributed by atoms with Gasteiger partial charge in [-0.1, -0.05) is 30.3 Å². The standard InChI is InChI=1S/C17H18N2O3S/c1-17(2)14-10-13(8-9-15(14)19-16(17)20)23(21,22)18-11-12-6-4-3-5-7-12/h3-10,18H,11H2,1-2H3,(H,19,20). The van der Waals surface area contributed by atoms with Crippen LogP contribution in [0, 0.1) is 0 Å². The van der Waals surface area contributed by atoms with E-state index in [1.807, 2.05) is 30.3 Å². The molecular weight excluding hydrogens is 312 g/mol. The van der Waals surface area contributed by atoms with Gasteiger partial charge in [-0.3, -0.25) is 4.79 Å². The molecule has 2 aromatic carbocycles. The Morgan fingerprint density at radius 3 is 2.48 bits per heavy atom. The fourth-order valence-corrected chi connectivity index (χ4v) is 3.62. The van der Waals surface area contributed by atoms with E-state index in [9.17, 15) is 13.2 Å². The predicted molar refractivity (Wildman–Crippen MR) is 88.6 cm³/mol. The molecule has 0 fully saturated rings. The summed E-state index contributed by atoms with van der Waals surface area (Å²) >= 11 is 0. The van der Waals surface area contributed by atoms with E-state index in [1.54, 1.807) is 26.0 Å². The second-order valence-electron chi connectivity index (χ2n) is 6.10. The first-order chi connectivity index (χ1) is 10.8. The lowest BCUT2D eigenvalue weighted by Crippen LogP contribution is -2.27. The Hall–Kier alpha value is -2.18. The Morgan fingerprint density at radius 2 is 1.78 bits per heavy atom. The summed E-state index contributed by atoms with van der Waals surface area (Å²) in [6, 6.07) is 14.0. The first kappa shape index (κ1) is 15.7. The number of carbonyl (C=O) groups is 1. The van der Waals surface area contributed by atoms with Gasteiger partial charge in [0.15, 0.2) is 0 Å². The average Bonchev–Trinajstić information content (AvgIpc) is 2.76. The van der Waals surface area contributed by atoms with Crippen LogP contribution in [0.5, 0.6) is 0 Å². The Bertz CT molecular complexity index is 859. The lowest BCUT2D eigenvalue weighted by molar-refractivity contribution is -0.119. The fourth-order valence-electron chi connectivity index (χ4n) is 2.58. The van der Waals surface area contributed by atoms with Crippen LogP contribution < -0.4 is 10.0 Å². The van der Waals surface area contributed by atoms with E-state index < -0.39 is 15.4 Å². The van der Waals surface area contributed by atoms with E-state index >= 15 is 0 Å². The third-order valence-electron chi connectivity index (χ3n) is 4.10. The summed E-state index contributed by atoms with van der Waals surface area (Å²) in [7, 11) is -3.64. The minimum Gasteiger partial charge on any atom is -0.325 e. The highest BCUT2D eigenvalue weighted by molar-refractivity contribution is 7.89. The minimum absolute atomic E-state index is 0.126. The zero-order valence-corrected chi connectivity index (χ0v) is 13.8. The normalized spacial score (nSPS) is 16.0. The highest BCUT2D eigenvalue weighted by Gasteiger charge is 2.39. The van der Waals surface area contributed by atoms with Gasteiger partial charge in [-0.15, -0.1) is 0 Å². The number of carbonyl (C=O) groups excluding carboxylic acids is 1. The van der Waals surface area contributed by atoms with Crippen LogP contribution >= 0.6 is 0 Å². The summed E-state index contributed by atoms with van der Waals surface area (Å²) in [6.07, 6.45) is 0. The molecule has 2 aromatic rings. The van der Waals surface area contributed by atoms with Crippen molar-refractivity contribution in [2.24, 2.45) is 0 Å². The molecule has 1 aliphatic rings. The van der Waals surface area contributed by atoms with Gasteiger partial charge in [-0.2, -0.15) is 0 Å². The SMILES string of the molecule is CC1(C)C(=O)Nc2ccc(S(=O)(=O)NCc3ccccc3)cc21. The summed E-state index contributed by atoms with van der Waals surface area (Å²) in [4.78, 5) is 12.1. The lowest BCUT2D eigenvalue weighted by Gasteiger charge is -2.16. The molecule has 5 nitrogen and oxygen atoms in total. The zero-order chi connectivity index (χ0) is 16.7. The van der Waals surface area contributed by atoms with E-state index in [4.69, 9.17) is 0 Å². The van der Waals surface area contributed by atoms with Crippen molar-refractivity contribution in [3.8, 4) is 0 Å². The number of hydrogen-bond donors (Lipinski definition) is 2. The molecule has 0 unspecified atom stereocenters. The predicted octanol–water partition coefficient (Wildman–Crippen LogP) is 2.39. The van der Waals surface area contributed by atoms with Crippen molar-refractivity contribution >= 4 is 21.6 Å². The number of fused-ring (bicyclic) bond motifs is 1. The summed E-state index contributed by atoms with van der Waals surface area (Å²) in [6.45, 7) is 3.78. The van der Waals surface area contributed by atoms with Crippen molar-refractivity contribution < 1.29 is 13.2 Å². The van der Waals surface area contributed by atoms with Gasteiger partial charge in [-0.25, -0.2) is 13.1 Å². The number of sulfonamides is 1. The van der Waals surface area contributed by atoms with E-state index in [1.165, 1.54) is 6.07 Å². The topological polar surface area (TPSA) is 75.3 Å². The van der Waals surface area contributed by atoms with Gasteiger partial charge in [0.2, 0.25) is 15.9 Å². The van der Waals surface area contributed by atoms with Crippen LogP contribution in [0.25, 0.3) is 0 Å². The first-order valence-corrected chi connectivity index (χ1v) is 8.78. The molecule has 0 bridgehead atoms. The number of nitrogens with one attached hydrogen (secondary N) is 2. The maximum Gasteiger partial charge on any atom is 0.240 e. The molecule has 0 saturated heterocycles. The molecule has 0 spiro atoms. The number of benzene rings is 2. The van der Waals surface area contributed by atoms with Crippen LogP contribution in [-0.2, 0) is 26.8 Å². The summed E-state index contributed by atoms with van der Waals surface area (Å²) in [5.41, 5.74) is 1.52. The van der Waals surface area contributed by atoms with E-state index in [0.717, 1.165) is 5.56 Å². The smallest absolute Gasteiger partial charge is 0.240 e. The molecule has 1 aliphatic heterocycles. The molecule has 2 N–H and O–H groups in total. The van der Waals surface area contributed by atoms with E-state index in [2.05, 4.69) is 10.0 Å². The molecule has 0 radical (unpaired) electrons. The highest BCUT2D eigenvalue weighted by Crippen LogP contribution is 2.38. The molecule has 23 heavy (non-hydrogen) atoms. The van der Waals surface area contributed by atoms with Gasteiger partial charge >= 0.3 is 0 Å². The number of anilines is 1. The molecule has 1 heterocycles. The summed E-state index contributed by atoms with van der Waals surface area (Å²) in [5, 5.41) is 2.77.